The van der Waals surface area contributed by atoms with Gasteiger partial charge in [-0.05, 0) is 56.3 Å². The summed E-state index contributed by atoms with van der Waals surface area (Å²) in [4.78, 5) is 9.41. The number of aliphatic imine (C=N–C) groups is 1. The zero-order valence-corrected chi connectivity index (χ0v) is 17.1. The fraction of sp³-hybridized carbons (Fsp3) is 0.143. The number of aryl methyl sites for hydroxylation is 1. The lowest BCUT2D eigenvalue weighted by molar-refractivity contribution is 0.621. The number of rotatable bonds is 2. The van der Waals surface area contributed by atoms with Crippen molar-refractivity contribution in [2.75, 3.05) is 5.32 Å². The van der Waals surface area contributed by atoms with Crippen LogP contribution in [0.25, 0.3) is 16.7 Å². The number of para-hydroxylation sites is 2. The van der Waals surface area contributed by atoms with E-state index in [2.05, 4.69) is 85.6 Å². The van der Waals surface area contributed by atoms with E-state index in [1.165, 1.54) is 0 Å². The summed E-state index contributed by atoms with van der Waals surface area (Å²) in [7, 11) is 0. The molecular weight excluding hydrogens is 416 g/mol. The molecule has 3 heterocycles. The van der Waals surface area contributed by atoms with Crippen molar-refractivity contribution < 1.29 is 0 Å². The predicted molar refractivity (Wildman–Crippen MR) is 116 cm³/mol. The quantitative estimate of drug-likeness (QED) is 0.487. The molecule has 4 aromatic rings. The first kappa shape index (κ1) is 17.1. The summed E-state index contributed by atoms with van der Waals surface area (Å²) in [5, 5.41) is 3.10. The van der Waals surface area contributed by atoms with Gasteiger partial charge in [0.2, 0.25) is 5.95 Å². The Balaban J connectivity index is 1.71. The molecule has 7 heteroatoms. The minimum absolute atomic E-state index is 0.265. The first-order chi connectivity index (χ1) is 13.5. The Kier molecular flexibility index (Phi) is 3.80. The summed E-state index contributed by atoms with van der Waals surface area (Å²) < 4.78 is 5.41. The second-order valence-corrected chi connectivity index (χ2v) is 7.86. The molecule has 1 aliphatic rings. The van der Waals surface area contributed by atoms with Crippen molar-refractivity contribution in [3.63, 3.8) is 0 Å². The normalized spacial score (nSPS) is 16.0. The Morgan fingerprint density at radius 3 is 2.61 bits per heavy atom. The van der Waals surface area contributed by atoms with E-state index in [-0.39, 0.29) is 6.17 Å². The van der Waals surface area contributed by atoms with E-state index in [1.807, 2.05) is 18.2 Å². The van der Waals surface area contributed by atoms with Crippen LogP contribution in [0.1, 0.15) is 23.1 Å². The van der Waals surface area contributed by atoms with Crippen LogP contribution in [-0.4, -0.2) is 20.1 Å². The topological polar surface area (TPSA) is 73.2 Å². The highest BCUT2D eigenvalue weighted by atomic mass is 79.9. The van der Waals surface area contributed by atoms with Gasteiger partial charge in [0, 0.05) is 27.1 Å². The number of nitrogens with one attached hydrogen (secondary N) is 1. The van der Waals surface area contributed by atoms with E-state index < -0.39 is 0 Å². The number of halogens is 1. The van der Waals surface area contributed by atoms with Crippen LogP contribution in [0.3, 0.4) is 0 Å². The molecule has 2 aromatic heterocycles. The van der Waals surface area contributed by atoms with Gasteiger partial charge in [0.15, 0.2) is 12.1 Å². The third-order valence-electron chi connectivity index (χ3n) is 5.17. The minimum Gasteiger partial charge on any atom is -0.370 e. The molecule has 0 aliphatic carbocycles. The molecule has 0 saturated carbocycles. The van der Waals surface area contributed by atoms with Gasteiger partial charge in [-0.15, -0.1) is 0 Å². The number of imidazole rings is 1. The zero-order valence-electron chi connectivity index (χ0n) is 15.5. The maximum absolute atomic E-state index is 6.10. The van der Waals surface area contributed by atoms with E-state index in [4.69, 9.17) is 10.7 Å². The van der Waals surface area contributed by atoms with Crippen molar-refractivity contribution in [1.82, 2.24) is 14.1 Å². The van der Waals surface area contributed by atoms with Gasteiger partial charge >= 0.3 is 0 Å². The van der Waals surface area contributed by atoms with E-state index in [9.17, 15) is 0 Å². The van der Waals surface area contributed by atoms with Crippen molar-refractivity contribution in [2.45, 2.75) is 20.0 Å². The zero-order chi connectivity index (χ0) is 19.4. The molecule has 0 amide bonds. The van der Waals surface area contributed by atoms with Crippen molar-refractivity contribution in [3.05, 3.63) is 76.0 Å². The standard InChI is InChI=1S/C21H19BrN6/c1-12-11-16(13(2)27(12)15-9-7-14(22)8-10-15)19-25-20(23)26-21-24-17-5-3-4-6-18(17)28(19)21/h3-11,19H,1-2H3,(H3,23,24,25,26)/t19-/m0/s1. The predicted octanol–water partition coefficient (Wildman–Crippen LogP) is 4.49. The Morgan fingerprint density at radius 2 is 1.82 bits per heavy atom. The summed E-state index contributed by atoms with van der Waals surface area (Å²) >= 11 is 3.51. The maximum Gasteiger partial charge on any atom is 0.212 e. The third kappa shape index (κ3) is 2.54. The average Bonchev–Trinajstić information content (AvgIpc) is 3.19. The molecule has 3 N–H and O–H groups in total. The fourth-order valence-corrected chi connectivity index (χ4v) is 4.23. The fourth-order valence-electron chi connectivity index (χ4n) is 3.96. The van der Waals surface area contributed by atoms with Gasteiger partial charge in [0.25, 0.3) is 0 Å². The van der Waals surface area contributed by atoms with Gasteiger partial charge in [-0.1, -0.05) is 28.1 Å². The SMILES string of the molecule is Cc1cc([C@H]2N=C(N)Nc3nc4ccccc4n32)c(C)n1-c1ccc(Br)cc1. The molecule has 6 nitrogen and oxygen atoms in total. The number of aromatic nitrogens is 3. The largest absolute Gasteiger partial charge is 0.370 e. The Bertz CT molecular complexity index is 1230. The minimum atomic E-state index is -0.265. The van der Waals surface area contributed by atoms with E-state index in [1.54, 1.807) is 0 Å². The Morgan fingerprint density at radius 1 is 1.07 bits per heavy atom. The van der Waals surface area contributed by atoms with Crippen LogP contribution in [-0.2, 0) is 0 Å². The number of nitrogens with two attached hydrogens (primary N) is 1. The molecule has 28 heavy (non-hydrogen) atoms. The van der Waals surface area contributed by atoms with E-state index in [0.717, 1.165) is 38.1 Å². The van der Waals surface area contributed by atoms with Crippen LogP contribution in [0.5, 0.6) is 0 Å². The van der Waals surface area contributed by atoms with Crippen molar-refractivity contribution >= 4 is 38.9 Å². The molecule has 2 aromatic carbocycles. The van der Waals surface area contributed by atoms with Gasteiger partial charge < -0.3 is 10.3 Å². The smallest absolute Gasteiger partial charge is 0.212 e. The molecule has 0 fully saturated rings. The maximum atomic E-state index is 6.10. The highest BCUT2D eigenvalue weighted by molar-refractivity contribution is 9.10. The van der Waals surface area contributed by atoms with Gasteiger partial charge in [-0.25, -0.2) is 9.98 Å². The first-order valence-electron chi connectivity index (χ1n) is 9.05. The summed E-state index contributed by atoms with van der Waals surface area (Å²) in [6.07, 6.45) is -0.265. The molecule has 0 radical (unpaired) electrons. The van der Waals surface area contributed by atoms with Crippen molar-refractivity contribution in [2.24, 2.45) is 10.7 Å². The third-order valence-corrected chi connectivity index (χ3v) is 5.70. The van der Waals surface area contributed by atoms with Gasteiger partial charge in [-0.2, -0.15) is 0 Å². The highest BCUT2D eigenvalue weighted by Crippen LogP contribution is 2.35. The Labute approximate surface area is 170 Å². The molecule has 140 valence electrons. The molecule has 5 rings (SSSR count). The first-order valence-corrected chi connectivity index (χ1v) is 9.84. The lowest BCUT2D eigenvalue weighted by atomic mass is 10.1. The second kappa shape index (κ2) is 6.24. The van der Waals surface area contributed by atoms with Crippen LogP contribution in [0.15, 0.2) is 64.1 Å². The Hall–Kier alpha value is -3.06. The molecule has 0 saturated heterocycles. The molecule has 1 atom stereocenters. The van der Waals surface area contributed by atoms with Crippen LogP contribution < -0.4 is 11.1 Å². The lowest BCUT2D eigenvalue weighted by Crippen LogP contribution is -2.31. The number of hydrogen-bond acceptors (Lipinski definition) is 4. The number of hydrogen-bond donors (Lipinski definition) is 2. The van der Waals surface area contributed by atoms with Crippen molar-refractivity contribution in [1.29, 1.82) is 0 Å². The number of guanidine groups is 1. The van der Waals surface area contributed by atoms with Crippen LogP contribution in [0, 0.1) is 13.8 Å². The van der Waals surface area contributed by atoms with Gasteiger partial charge in [0.1, 0.15) is 0 Å². The molecule has 0 spiro atoms. The lowest BCUT2D eigenvalue weighted by Gasteiger charge is -2.24. The summed E-state index contributed by atoms with van der Waals surface area (Å²) in [5.74, 6) is 1.09. The molecule has 0 bridgehead atoms. The second-order valence-electron chi connectivity index (χ2n) is 6.95. The number of nitrogens with zero attached hydrogens (tertiary/aromatic N) is 4. The molecule has 0 unspecified atom stereocenters. The monoisotopic (exact) mass is 434 g/mol. The summed E-state index contributed by atoms with van der Waals surface area (Å²) in [5.41, 5.74) is 12.5. The van der Waals surface area contributed by atoms with E-state index >= 15 is 0 Å². The number of anilines is 1. The average molecular weight is 435 g/mol. The molecule has 1 aliphatic heterocycles. The molecular formula is C21H19BrN6. The van der Waals surface area contributed by atoms with Crippen molar-refractivity contribution in [3.8, 4) is 5.69 Å². The summed E-state index contributed by atoms with van der Waals surface area (Å²) in [6.45, 7) is 4.23. The van der Waals surface area contributed by atoms with Crippen LogP contribution in [0.2, 0.25) is 0 Å². The van der Waals surface area contributed by atoms with E-state index in [0.29, 0.717) is 11.9 Å². The van der Waals surface area contributed by atoms with Gasteiger partial charge in [0.05, 0.1) is 11.0 Å². The number of benzene rings is 2. The van der Waals surface area contributed by atoms with Crippen LogP contribution in [0.4, 0.5) is 5.95 Å². The summed E-state index contributed by atoms with van der Waals surface area (Å²) in [6, 6.07) is 18.6. The van der Waals surface area contributed by atoms with Crippen LogP contribution >= 0.6 is 15.9 Å². The number of fused-ring (bicyclic) bond motifs is 3. The highest BCUT2D eigenvalue weighted by Gasteiger charge is 2.28. The van der Waals surface area contributed by atoms with Gasteiger partial charge in [-0.3, -0.25) is 9.88 Å².